The average molecular weight is 319 g/mol. The van der Waals surface area contributed by atoms with Gasteiger partial charge >= 0.3 is 5.97 Å². The molecular formula is C17H15ClO4. The zero-order valence-corrected chi connectivity index (χ0v) is 12.8. The van der Waals surface area contributed by atoms with Crippen molar-refractivity contribution in [2.75, 3.05) is 6.61 Å². The largest absolute Gasteiger partial charge is 0.486 e. The van der Waals surface area contributed by atoms with Crippen LogP contribution in [0.3, 0.4) is 0 Å². The third kappa shape index (κ3) is 4.33. The minimum atomic E-state index is -1.01. The van der Waals surface area contributed by atoms with Crippen LogP contribution >= 0.6 is 11.6 Å². The Morgan fingerprint density at radius 3 is 2.64 bits per heavy atom. The lowest BCUT2D eigenvalue weighted by atomic mass is 10.1. The second-order valence-corrected chi connectivity index (χ2v) is 5.33. The van der Waals surface area contributed by atoms with E-state index < -0.39 is 5.97 Å². The van der Waals surface area contributed by atoms with Gasteiger partial charge in [0.25, 0.3) is 0 Å². The maximum absolute atomic E-state index is 11.9. The lowest BCUT2D eigenvalue weighted by molar-refractivity contribution is -0.120. The normalized spacial score (nSPS) is 10.3. The lowest BCUT2D eigenvalue weighted by Crippen LogP contribution is -2.14. The molecule has 0 bridgehead atoms. The summed E-state index contributed by atoms with van der Waals surface area (Å²) in [5.74, 6) is -0.563. The summed E-state index contributed by atoms with van der Waals surface area (Å²) in [7, 11) is 0. The number of carbonyl (C=O) groups is 2. The van der Waals surface area contributed by atoms with Gasteiger partial charge in [-0.2, -0.15) is 0 Å². The van der Waals surface area contributed by atoms with Gasteiger partial charge in [-0.05, 0) is 48.4 Å². The van der Waals surface area contributed by atoms with Gasteiger partial charge in [0.15, 0.2) is 5.78 Å². The Morgan fingerprint density at radius 2 is 1.95 bits per heavy atom. The second kappa shape index (κ2) is 7.09. The fourth-order valence-electron chi connectivity index (χ4n) is 1.96. The number of halogens is 1. The van der Waals surface area contributed by atoms with Crippen LogP contribution in [0.4, 0.5) is 0 Å². The molecule has 1 N–H and O–H groups in total. The number of benzene rings is 2. The van der Waals surface area contributed by atoms with Crippen molar-refractivity contribution >= 4 is 23.4 Å². The second-order valence-electron chi connectivity index (χ2n) is 4.92. The van der Waals surface area contributed by atoms with Gasteiger partial charge < -0.3 is 9.84 Å². The fourth-order valence-corrected chi connectivity index (χ4v) is 2.08. The number of hydrogen-bond acceptors (Lipinski definition) is 3. The highest BCUT2D eigenvalue weighted by atomic mass is 35.5. The van der Waals surface area contributed by atoms with Gasteiger partial charge in [-0.25, -0.2) is 4.79 Å². The van der Waals surface area contributed by atoms with E-state index in [1.807, 2.05) is 6.92 Å². The van der Waals surface area contributed by atoms with Crippen LogP contribution in [0, 0.1) is 6.92 Å². The van der Waals surface area contributed by atoms with Crippen molar-refractivity contribution in [3.05, 3.63) is 64.2 Å². The number of ether oxygens (including phenoxy) is 1. The van der Waals surface area contributed by atoms with Gasteiger partial charge in [0, 0.05) is 11.4 Å². The predicted octanol–water partition coefficient (Wildman–Crippen LogP) is 3.54. The van der Waals surface area contributed by atoms with Gasteiger partial charge in [0.05, 0.1) is 5.56 Å². The highest BCUT2D eigenvalue weighted by Crippen LogP contribution is 2.21. The van der Waals surface area contributed by atoms with Crippen LogP contribution in [0.5, 0.6) is 5.75 Å². The average Bonchev–Trinajstić information content (AvgIpc) is 2.49. The number of carboxylic acids is 1. The van der Waals surface area contributed by atoms with Crippen molar-refractivity contribution in [1.29, 1.82) is 0 Å². The molecule has 0 saturated carbocycles. The van der Waals surface area contributed by atoms with E-state index in [9.17, 15) is 9.59 Å². The van der Waals surface area contributed by atoms with Crippen LogP contribution in [-0.4, -0.2) is 23.5 Å². The first-order valence-corrected chi connectivity index (χ1v) is 7.06. The smallest absolute Gasteiger partial charge is 0.335 e. The molecule has 0 spiro atoms. The topological polar surface area (TPSA) is 63.6 Å². The number of aryl methyl sites for hydroxylation is 1. The molecule has 0 heterocycles. The summed E-state index contributed by atoms with van der Waals surface area (Å²) in [6.45, 7) is 1.78. The highest BCUT2D eigenvalue weighted by Gasteiger charge is 2.08. The molecule has 2 aromatic carbocycles. The maximum Gasteiger partial charge on any atom is 0.335 e. The zero-order valence-electron chi connectivity index (χ0n) is 12.0. The summed E-state index contributed by atoms with van der Waals surface area (Å²) < 4.78 is 5.43. The Hall–Kier alpha value is -2.33. The number of rotatable bonds is 6. The van der Waals surface area contributed by atoms with Crippen LogP contribution in [0.15, 0.2) is 42.5 Å². The number of ketones is 1. The van der Waals surface area contributed by atoms with Crippen molar-refractivity contribution in [3.8, 4) is 5.75 Å². The molecular weight excluding hydrogens is 304 g/mol. The molecule has 0 aliphatic rings. The maximum atomic E-state index is 11.9. The predicted molar refractivity (Wildman–Crippen MR) is 83.8 cm³/mol. The van der Waals surface area contributed by atoms with Gasteiger partial charge in [0.2, 0.25) is 0 Å². The van der Waals surface area contributed by atoms with Gasteiger partial charge in [-0.15, -0.1) is 0 Å². The first-order chi connectivity index (χ1) is 10.5. The molecule has 114 valence electrons. The summed E-state index contributed by atoms with van der Waals surface area (Å²) in [6, 6.07) is 11.5. The Morgan fingerprint density at radius 1 is 1.18 bits per heavy atom. The molecule has 0 saturated heterocycles. The standard InChI is InChI=1S/C17H15ClO4/c1-11-7-15(5-6-16(11)18)22-10-14(19)9-12-3-2-4-13(8-12)17(20)21/h2-8H,9-10H2,1H3,(H,20,21). The van der Waals surface area contributed by atoms with E-state index in [4.69, 9.17) is 21.4 Å². The first kappa shape index (κ1) is 16.0. The van der Waals surface area contributed by atoms with Gasteiger partial charge in [0.1, 0.15) is 12.4 Å². The monoisotopic (exact) mass is 318 g/mol. The first-order valence-electron chi connectivity index (χ1n) is 6.68. The van der Waals surface area contributed by atoms with E-state index in [0.29, 0.717) is 16.3 Å². The lowest BCUT2D eigenvalue weighted by Gasteiger charge is -2.07. The van der Waals surface area contributed by atoms with Crippen LogP contribution in [0.1, 0.15) is 21.5 Å². The SMILES string of the molecule is Cc1cc(OCC(=O)Cc2cccc(C(=O)O)c2)ccc1Cl. The van der Waals surface area contributed by atoms with Gasteiger partial charge in [-0.3, -0.25) is 4.79 Å². The Bertz CT molecular complexity index is 710. The molecule has 2 rings (SSSR count). The molecule has 0 radical (unpaired) electrons. The molecule has 0 aliphatic heterocycles. The summed E-state index contributed by atoms with van der Waals surface area (Å²) in [6.07, 6.45) is 0.133. The Labute approximate surface area is 133 Å². The van der Waals surface area contributed by atoms with E-state index in [2.05, 4.69) is 0 Å². The van der Waals surface area contributed by atoms with Crippen LogP contribution in [-0.2, 0) is 11.2 Å². The zero-order chi connectivity index (χ0) is 16.1. The minimum Gasteiger partial charge on any atom is -0.486 e. The molecule has 0 atom stereocenters. The number of carboxylic acid groups (broad SMARTS) is 1. The number of hydrogen-bond donors (Lipinski definition) is 1. The third-order valence-electron chi connectivity index (χ3n) is 3.10. The van der Waals surface area contributed by atoms with Crippen molar-refractivity contribution in [2.45, 2.75) is 13.3 Å². The number of carbonyl (C=O) groups excluding carboxylic acids is 1. The number of aromatic carboxylic acids is 1. The molecule has 0 aliphatic carbocycles. The van der Waals surface area contributed by atoms with Crippen molar-refractivity contribution in [1.82, 2.24) is 0 Å². The van der Waals surface area contributed by atoms with Crippen molar-refractivity contribution < 1.29 is 19.4 Å². The van der Waals surface area contributed by atoms with Crippen molar-refractivity contribution in [3.63, 3.8) is 0 Å². The van der Waals surface area contributed by atoms with E-state index in [0.717, 1.165) is 5.56 Å². The molecule has 22 heavy (non-hydrogen) atoms. The van der Waals surface area contributed by atoms with E-state index in [1.54, 1.807) is 30.3 Å². The minimum absolute atomic E-state index is 0.0711. The number of Topliss-reactive ketones (excluding diaryl/α,β-unsaturated/α-hetero) is 1. The van der Waals surface area contributed by atoms with Crippen LogP contribution in [0.25, 0.3) is 0 Å². The Kier molecular flexibility index (Phi) is 5.17. The summed E-state index contributed by atoms with van der Waals surface area (Å²) in [5.41, 5.74) is 1.70. The molecule has 0 fully saturated rings. The molecule has 0 aromatic heterocycles. The summed E-state index contributed by atoms with van der Waals surface area (Å²) >= 11 is 5.92. The third-order valence-corrected chi connectivity index (χ3v) is 3.53. The van der Waals surface area contributed by atoms with Crippen LogP contribution < -0.4 is 4.74 Å². The van der Waals surface area contributed by atoms with Gasteiger partial charge in [-0.1, -0.05) is 23.7 Å². The fraction of sp³-hybridized carbons (Fsp3) is 0.176. The molecule has 0 unspecified atom stereocenters. The summed E-state index contributed by atoms with van der Waals surface area (Å²) in [4.78, 5) is 22.8. The molecule has 5 heteroatoms. The van der Waals surface area contributed by atoms with E-state index >= 15 is 0 Å². The quantitative estimate of drug-likeness (QED) is 0.885. The van der Waals surface area contributed by atoms with E-state index in [1.165, 1.54) is 12.1 Å². The Balaban J connectivity index is 1.94. The van der Waals surface area contributed by atoms with Crippen LogP contribution in [0.2, 0.25) is 5.02 Å². The molecule has 2 aromatic rings. The van der Waals surface area contributed by atoms with E-state index in [-0.39, 0.29) is 24.4 Å². The molecule has 0 amide bonds. The van der Waals surface area contributed by atoms with Crippen molar-refractivity contribution in [2.24, 2.45) is 0 Å². The summed E-state index contributed by atoms with van der Waals surface area (Å²) in [5, 5.41) is 9.57. The molecule has 4 nitrogen and oxygen atoms in total. The highest BCUT2D eigenvalue weighted by molar-refractivity contribution is 6.31.